The highest BCUT2D eigenvalue weighted by molar-refractivity contribution is 7.99. The van der Waals surface area contributed by atoms with Crippen molar-refractivity contribution in [2.24, 2.45) is 5.73 Å². The number of hydrogen-bond acceptors (Lipinski definition) is 2. The predicted molar refractivity (Wildman–Crippen MR) is 92.9 cm³/mol. The predicted octanol–water partition coefficient (Wildman–Crippen LogP) is 5.55. The van der Waals surface area contributed by atoms with Gasteiger partial charge in [0, 0.05) is 15.8 Å². The van der Waals surface area contributed by atoms with Crippen molar-refractivity contribution in [3.05, 3.63) is 59.7 Å². The van der Waals surface area contributed by atoms with E-state index in [0.29, 0.717) is 0 Å². The largest absolute Gasteiger partial charge is 0.324 e. The third-order valence-electron chi connectivity index (χ3n) is 3.70. The quantitative estimate of drug-likeness (QED) is 0.801. The first kappa shape index (κ1) is 16.1. The number of benzene rings is 2. The van der Waals surface area contributed by atoms with Gasteiger partial charge in [0.2, 0.25) is 0 Å². The Morgan fingerprint density at radius 1 is 0.905 bits per heavy atom. The second-order valence-corrected chi connectivity index (χ2v) is 7.61. The molecule has 0 heterocycles. The van der Waals surface area contributed by atoms with Crippen LogP contribution in [-0.4, -0.2) is 0 Å². The third kappa shape index (κ3) is 4.36. The maximum absolute atomic E-state index is 6.05. The Morgan fingerprint density at radius 2 is 1.38 bits per heavy atom. The van der Waals surface area contributed by atoms with Crippen molar-refractivity contribution < 1.29 is 0 Å². The zero-order valence-corrected chi connectivity index (χ0v) is 14.2. The van der Waals surface area contributed by atoms with Crippen LogP contribution in [-0.2, 0) is 5.41 Å². The van der Waals surface area contributed by atoms with Gasteiger partial charge < -0.3 is 5.73 Å². The van der Waals surface area contributed by atoms with E-state index in [1.54, 1.807) is 11.8 Å². The fourth-order valence-corrected chi connectivity index (χ4v) is 2.99. The van der Waals surface area contributed by atoms with Gasteiger partial charge in [0.15, 0.2) is 0 Å². The second-order valence-electron chi connectivity index (χ2n) is 6.46. The lowest BCUT2D eigenvalue weighted by Crippen LogP contribution is -2.10. The Balaban J connectivity index is 2.08. The standard InChI is InChI=1S/C19H25NS/c1-5-18(20)14-6-10-16(11-7-14)21-17-12-8-15(9-13-17)19(2,3)4/h6-13,18H,5,20H2,1-4H3/t18-/m1/s1. The lowest BCUT2D eigenvalue weighted by molar-refractivity contribution is 0.590. The van der Waals surface area contributed by atoms with Gasteiger partial charge in [0.1, 0.15) is 0 Å². The van der Waals surface area contributed by atoms with Crippen LogP contribution in [0.1, 0.15) is 51.3 Å². The van der Waals surface area contributed by atoms with E-state index in [1.807, 2.05) is 0 Å². The van der Waals surface area contributed by atoms with Crippen LogP contribution in [0.25, 0.3) is 0 Å². The minimum absolute atomic E-state index is 0.148. The van der Waals surface area contributed by atoms with Crippen LogP contribution in [0.2, 0.25) is 0 Å². The molecular weight excluding hydrogens is 274 g/mol. The number of nitrogens with two attached hydrogens (primary N) is 1. The molecule has 0 saturated heterocycles. The average Bonchev–Trinajstić information content (AvgIpc) is 2.47. The average molecular weight is 299 g/mol. The summed E-state index contributed by atoms with van der Waals surface area (Å²) in [6.45, 7) is 8.84. The molecule has 0 amide bonds. The highest BCUT2D eigenvalue weighted by Gasteiger charge is 2.13. The summed E-state index contributed by atoms with van der Waals surface area (Å²) < 4.78 is 0. The Morgan fingerprint density at radius 3 is 1.81 bits per heavy atom. The molecule has 0 spiro atoms. The molecule has 0 aliphatic rings. The van der Waals surface area contributed by atoms with Crippen molar-refractivity contribution in [1.29, 1.82) is 0 Å². The Hall–Kier alpha value is -1.25. The summed E-state index contributed by atoms with van der Waals surface area (Å²) in [7, 11) is 0. The molecule has 0 aliphatic carbocycles. The van der Waals surface area contributed by atoms with Gasteiger partial charge in [-0.2, -0.15) is 0 Å². The van der Waals surface area contributed by atoms with Gasteiger partial charge in [0.25, 0.3) is 0 Å². The molecule has 112 valence electrons. The van der Waals surface area contributed by atoms with E-state index < -0.39 is 0 Å². The van der Waals surface area contributed by atoms with Crippen LogP contribution in [0.15, 0.2) is 58.3 Å². The van der Waals surface area contributed by atoms with Crippen molar-refractivity contribution in [1.82, 2.24) is 0 Å². The normalized spacial score (nSPS) is 13.2. The molecule has 1 nitrogen and oxygen atoms in total. The van der Waals surface area contributed by atoms with Crippen LogP contribution in [0.5, 0.6) is 0 Å². The van der Waals surface area contributed by atoms with Gasteiger partial charge in [-0.3, -0.25) is 0 Å². The molecule has 21 heavy (non-hydrogen) atoms. The Kier molecular flexibility index (Phi) is 5.13. The van der Waals surface area contributed by atoms with E-state index in [-0.39, 0.29) is 11.5 Å². The highest BCUT2D eigenvalue weighted by Crippen LogP contribution is 2.31. The van der Waals surface area contributed by atoms with Gasteiger partial charge in [-0.1, -0.05) is 63.7 Å². The van der Waals surface area contributed by atoms with Gasteiger partial charge in [0.05, 0.1) is 0 Å². The first-order valence-corrected chi connectivity index (χ1v) is 8.35. The van der Waals surface area contributed by atoms with Gasteiger partial charge in [-0.25, -0.2) is 0 Å². The van der Waals surface area contributed by atoms with E-state index in [1.165, 1.54) is 20.9 Å². The van der Waals surface area contributed by atoms with Crippen LogP contribution in [0, 0.1) is 0 Å². The molecule has 2 aromatic rings. The molecule has 0 fully saturated rings. The maximum Gasteiger partial charge on any atom is 0.0292 e. The fourth-order valence-electron chi connectivity index (χ4n) is 2.18. The zero-order chi connectivity index (χ0) is 15.5. The van der Waals surface area contributed by atoms with E-state index in [0.717, 1.165) is 6.42 Å². The topological polar surface area (TPSA) is 26.0 Å². The summed E-state index contributed by atoms with van der Waals surface area (Å²) in [5.74, 6) is 0. The SMILES string of the molecule is CC[C@@H](N)c1ccc(Sc2ccc(C(C)(C)C)cc2)cc1. The van der Waals surface area contributed by atoms with Crippen LogP contribution < -0.4 is 5.73 Å². The van der Waals surface area contributed by atoms with Crippen molar-refractivity contribution in [3.63, 3.8) is 0 Å². The van der Waals surface area contributed by atoms with E-state index in [4.69, 9.17) is 5.73 Å². The number of rotatable bonds is 4. The Labute approximate surface area is 133 Å². The molecule has 0 aromatic heterocycles. The summed E-state index contributed by atoms with van der Waals surface area (Å²) in [5.41, 5.74) is 8.84. The molecule has 0 bridgehead atoms. The van der Waals surface area contributed by atoms with Gasteiger partial charge in [-0.15, -0.1) is 0 Å². The molecular formula is C19H25NS. The first-order chi connectivity index (χ1) is 9.90. The number of hydrogen-bond donors (Lipinski definition) is 1. The lowest BCUT2D eigenvalue weighted by atomic mass is 9.87. The minimum atomic E-state index is 0.148. The zero-order valence-electron chi connectivity index (χ0n) is 13.4. The summed E-state index contributed by atoms with van der Waals surface area (Å²) in [6.07, 6.45) is 0.973. The van der Waals surface area contributed by atoms with Crippen molar-refractivity contribution in [3.8, 4) is 0 Å². The fraction of sp³-hybridized carbons (Fsp3) is 0.368. The lowest BCUT2D eigenvalue weighted by Gasteiger charge is -2.19. The maximum atomic E-state index is 6.05. The second kappa shape index (κ2) is 6.67. The summed E-state index contributed by atoms with van der Waals surface area (Å²) in [4.78, 5) is 2.53. The van der Waals surface area contributed by atoms with Crippen molar-refractivity contribution >= 4 is 11.8 Å². The van der Waals surface area contributed by atoms with Gasteiger partial charge >= 0.3 is 0 Å². The van der Waals surface area contributed by atoms with Crippen LogP contribution in [0.4, 0.5) is 0 Å². The molecule has 2 heteroatoms. The molecule has 2 N–H and O–H groups in total. The molecule has 0 saturated carbocycles. The smallest absolute Gasteiger partial charge is 0.0292 e. The molecule has 0 unspecified atom stereocenters. The molecule has 0 radical (unpaired) electrons. The Bertz CT molecular complexity index is 564. The summed E-state index contributed by atoms with van der Waals surface area (Å²) in [5, 5.41) is 0. The van der Waals surface area contributed by atoms with Crippen LogP contribution in [0.3, 0.4) is 0 Å². The van der Waals surface area contributed by atoms with E-state index in [9.17, 15) is 0 Å². The first-order valence-electron chi connectivity index (χ1n) is 7.54. The highest BCUT2D eigenvalue weighted by atomic mass is 32.2. The molecule has 2 rings (SSSR count). The molecule has 0 aliphatic heterocycles. The van der Waals surface area contributed by atoms with Crippen molar-refractivity contribution in [2.45, 2.75) is 55.4 Å². The molecule has 1 atom stereocenters. The van der Waals surface area contributed by atoms with E-state index >= 15 is 0 Å². The van der Waals surface area contributed by atoms with Gasteiger partial charge in [-0.05, 0) is 47.2 Å². The van der Waals surface area contributed by atoms with Crippen molar-refractivity contribution in [2.75, 3.05) is 0 Å². The third-order valence-corrected chi connectivity index (χ3v) is 4.72. The molecule has 2 aromatic carbocycles. The summed E-state index contributed by atoms with van der Waals surface area (Å²) >= 11 is 1.79. The summed E-state index contributed by atoms with van der Waals surface area (Å²) in [6, 6.07) is 17.6. The monoisotopic (exact) mass is 299 g/mol. The van der Waals surface area contributed by atoms with Crippen LogP contribution >= 0.6 is 11.8 Å². The van der Waals surface area contributed by atoms with E-state index in [2.05, 4.69) is 76.2 Å². The minimum Gasteiger partial charge on any atom is -0.324 e.